The van der Waals surface area contributed by atoms with Crippen LogP contribution in [0.2, 0.25) is 0 Å². The van der Waals surface area contributed by atoms with Crippen molar-refractivity contribution in [2.45, 2.75) is 9.37 Å². The Morgan fingerprint density at radius 2 is 2.20 bits per heavy atom. The summed E-state index contributed by atoms with van der Waals surface area (Å²) in [5, 5.41) is 19.8. The van der Waals surface area contributed by atoms with Gasteiger partial charge in [-0.15, -0.1) is 10.2 Å². The minimum Gasteiger partial charge on any atom is -0.353 e. The first-order chi connectivity index (χ1) is 9.52. The molecule has 2 heterocycles. The first-order valence-electron chi connectivity index (χ1n) is 5.17. The molecule has 0 saturated heterocycles. The van der Waals surface area contributed by atoms with E-state index < -0.39 is 4.92 Å². The summed E-state index contributed by atoms with van der Waals surface area (Å²) in [5.74, 6) is 5.16. The molecule has 20 heavy (non-hydrogen) atoms. The van der Waals surface area contributed by atoms with Crippen LogP contribution in [-0.2, 0) is 0 Å². The van der Waals surface area contributed by atoms with E-state index in [0.717, 1.165) is 11.8 Å². The molecule has 106 valence electrons. The Morgan fingerprint density at radius 1 is 1.45 bits per heavy atom. The number of aromatic nitrogens is 4. The minimum absolute atomic E-state index is 0.0511. The van der Waals surface area contributed by atoms with E-state index in [1.807, 2.05) is 14.1 Å². The van der Waals surface area contributed by atoms with E-state index in [4.69, 9.17) is 5.84 Å². The summed E-state index contributed by atoms with van der Waals surface area (Å²) in [6.07, 6.45) is 1.19. The van der Waals surface area contributed by atoms with Crippen molar-refractivity contribution in [3.05, 3.63) is 16.4 Å². The van der Waals surface area contributed by atoms with Gasteiger partial charge in [0.1, 0.15) is 6.33 Å². The molecule has 0 radical (unpaired) electrons. The summed E-state index contributed by atoms with van der Waals surface area (Å²) in [4.78, 5) is 19.9. The third kappa shape index (κ3) is 2.92. The molecule has 12 heteroatoms. The van der Waals surface area contributed by atoms with Crippen molar-refractivity contribution in [3.63, 3.8) is 0 Å². The van der Waals surface area contributed by atoms with Gasteiger partial charge in [-0.1, -0.05) is 11.3 Å². The van der Waals surface area contributed by atoms with Gasteiger partial charge in [-0.3, -0.25) is 10.1 Å². The van der Waals surface area contributed by atoms with Gasteiger partial charge in [0.05, 0.1) is 4.92 Å². The fourth-order valence-corrected chi connectivity index (χ4v) is 2.96. The summed E-state index contributed by atoms with van der Waals surface area (Å²) in [6.45, 7) is 0. The van der Waals surface area contributed by atoms with Crippen molar-refractivity contribution >= 4 is 39.7 Å². The largest absolute Gasteiger partial charge is 0.353 e. The lowest BCUT2D eigenvalue weighted by molar-refractivity contribution is -0.387. The molecule has 0 aliphatic rings. The zero-order valence-electron chi connectivity index (χ0n) is 10.5. The van der Waals surface area contributed by atoms with E-state index in [-0.39, 0.29) is 16.5 Å². The van der Waals surface area contributed by atoms with Crippen LogP contribution >= 0.6 is 23.1 Å². The molecule has 2 aromatic rings. The number of nitrogens with two attached hydrogens (primary N) is 1. The first-order valence-corrected chi connectivity index (χ1v) is 6.81. The Balaban J connectivity index is 2.35. The molecule has 0 bridgehead atoms. The highest BCUT2D eigenvalue weighted by atomic mass is 32.2. The lowest BCUT2D eigenvalue weighted by Gasteiger charge is -2.04. The number of hydrazine groups is 1. The van der Waals surface area contributed by atoms with E-state index in [2.05, 4.69) is 25.6 Å². The fraction of sp³-hybridized carbons (Fsp3) is 0.250. The van der Waals surface area contributed by atoms with Crippen LogP contribution in [-0.4, -0.2) is 39.2 Å². The first kappa shape index (κ1) is 14.4. The Bertz CT molecular complexity index is 631. The van der Waals surface area contributed by atoms with Gasteiger partial charge < -0.3 is 10.3 Å². The van der Waals surface area contributed by atoms with E-state index in [9.17, 15) is 10.1 Å². The number of hydrogen-bond donors (Lipinski definition) is 2. The van der Waals surface area contributed by atoms with Crippen LogP contribution in [0.1, 0.15) is 0 Å². The average molecular weight is 314 g/mol. The maximum Gasteiger partial charge on any atom is 0.345 e. The van der Waals surface area contributed by atoms with Gasteiger partial charge in [0.2, 0.25) is 10.9 Å². The number of nitro groups is 1. The van der Waals surface area contributed by atoms with Crippen LogP contribution in [0.5, 0.6) is 0 Å². The second-order valence-electron chi connectivity index (χ2n) is 3.62. The summed E-state index contributed by atoms with van der Waals surface area (Å²) in [6, 6.07) is 0. The van der Waals surface area contributed by atoms with Crippen molar-refractivity contribution in [2.24, 2.45) is 5.84 Å². The van der Waals surface area contributed by atoms with E-state index in [1.54, 1.807) is 4.90 Å². The van der Waals surface area contributed by atoms with E-state index >= 15 is 0 Å². The van der Waals surface area contributed by atoms with Crippen LogP contribution in [0.15, 0.2) is 15.7 Å². The highest BCUT2D eigenvalue weighted by Crippen LogP contribution is 2.38. The summed E-state index contributed by atoms with van der Waals surface area (Å²) in [7, 11) is 3.66. The van der Waals surface area contributed by atoms with Crippen LogP contribution in [0, 0.1) is 10.1 Å². The summed E-state index contributed by atoms with van der Waals surface area (Å²) >= 11 is 2.34. The molecule has 2 aromatic heterocycles. The predicted octanol–water partition coefficient (Wildman–Crippen LogP) is 0.739. The SMILES string of the molecule is CN(C)c1nnc(Sc2ncnc(NN)c2[N+](=O)[O-])s1. The predicted molar refractivity (Wildman–Crippen MR) is 74.9 cm³/mol. The number of nitrogens with one attached hydrogen (secondary N) is 1. The molecule has 0 aromatic carbocycles. The third-order valence-corrected chi connectivity index (χ3v) is 4.20. The average Bonchev–Trinajstić information content (AvgIpc) is 2.86. The molecular formula is C8H10N8O2S2. The zero-order valence-corrected chi connectivity index (χ0v) is 12.1. The molecule has 0 aliphatic heterocycles. The van der Waals surface area contributed by atoms with Gasteiger partial charge in [-0.25, -0.2) is 15.8 Å². The quantitative estimate of drug-likeness (QED) is 0.352. The molecular weight excluding hydrogens is 304 g/mol. The lowest BCUT2D eigenvalue weighted by Crippen LogP contribution is -2.11. The third-order valence-electron chi connectivity index (χ3n) is 2.07. The molecule has 0 unspecified atom stereocenters. The van der Waals surface area contributed by atoms with Gasteiger partial charge in [0, 0.05) is 14.1 Å². The van der Waals surface area contributed by atoms with E-state index in [1.165, 1.54) is 17.7 Å². The van der Waals surface area contributed by atoms with Gasteiger partial charge in [-0.2, -0.15) is 0 Å². The monoisotopic (exact) mass is 314 g/mol. The normalized spacial score (nSPS) is 10.3. The standard InChI is InChI=1S/C8H10N8O2S2/c1-15(2)7-13-14-8(20-7)19-6-4(16(17)18)5(12-9)10-3-11-6/h3H,9H2,1-2H3,(H,10,11,12). The molecule has 0 atom stereocenters. The highest BCUT2D eigenvalue weighted by Gasteiger charge is 2.24. The number of hydrogen-bond acceptors (Lipinski definition) is 11. The Kier molecular flexibility index (Phi) is 4.26. The van der Waals surface area contributed by atoms with Crippen molar-refractivity contribution < 1.29 is 4.92 Å². The maximum absolute atomic E-state index is 11.1. The van der Waals surface area contributed by atoms with E-state index in [0.29, 0.717) is 9.47 Å². The number of rotatable bonds is 5. The van der Waals surface area contributed by atoms with Crippen molar-refractivity contribution in [1.82, 2.24) is 20.2 Å². The highest BCUT2D eigenvalue weighted by molar-refractivity contribution is 8.01. The number of nitrogens with zero attached hydrogens (tertiary/aromatic N) is 6. The Hall–Kier alpha value is -2.05. The topological polar surface area (TPSA) is 136 Å². The van der Waals surface area contributed by atoms with Crippen LogP contribution in [0.4, 0.5) is 16.6 Å². The van der Waals surface area contributed by atoms with Gasteiger partial charge in [-0.05, 0) is 11.8 Å². The summed E-state index contributed by atoms with van der Waals surface area (Å²) < 4.78 is 0.540. The minimum atomic E-state index is -0.592. The smallest absolute Gasteiger partial charge is 0.345 e. The Morgan fingerprint density at radius 3 is 2.75 bits per heavy atom. The van der Waals surface area contributed by atoms with Gasteiger partial charge in [0.15, 0.2) is 9.37 Å². The van der Waals surface area contributed by atoms with Crippen LogP contribution in [0.25, 0.3) is 0 Å². The number of anilines is 2. The molecule has 0 aliphatic carbocycles. The molecule has 2 rings (SSSR count). The fourth-order valence-electron chi connectivity index (χ4n) is 1.21. The molecule has 3 N–H and O–H groups in total. The second-order valence-corrected chi connectivity index (χ2v) is 5.82. The van der Waals surface area contributed by atoms with Crippen molar-refractivity contribution in [3.8, 4) is 0 Å². The van der Waals surface area contributed by atoms with Crippen LogP contribution in [0.3, 0.4) is 0 Å². The molecule has 0 amide bonds. The zero-order chi connectivity index (χ0) is 14.7. The van der Waals surface area contributed by atoms with Crippen molar-refractivity contribution in [2.75, 3.05) is 24.4 Å². The summed E-state index contributed by atoms with van der Waals surface area (Å²) in [5.41, 5.74) is 1.89. The lowest BCUT2D eigenvalue weighted by atomic mass is 10.5. The second kappa shape index (κ2) is 5.94. The molecule has 0 spiro atoms. The van der Waals surface area contributed by atoms with Gasteiger partial charge in [0.25, 0.3) is 0 Å². The molecule has 10 nitrogen and oxygen atoms in total. The molecule has 0 saturated carbocycles. The van der Waals surface area contributed by atoms with Crippen LogP contribution < -0.4 is 16.2 Å². The maximum atomic E-state index is 11.1. The Labute approximate surface area is 121 Å². The number of nitrogen functional groups attached to an aromatic ring is 1. The molecule has 0 fully saturated rings. The van der Waals surface area contributed by atoms with Crippen molar-refractivity contribution in [1.29, 1.82) is 0 Å². The van der Waals surface area contributed by atoms with Gasteiger partial charge >= 0.3 is 5.69 Å².